The standard InChI is InChI=1S/C20H24N4O/c1-15(2)9-10-21-19(25)18-14-22-24(17-8-6-7-16(3)13-17)20(18)23-11-4-5-12-23/h4-8,11-15H,9-10H2,1-3H3,(H,21,25). The number of rotatable bonds is 6. The van der Waals surface area contributed by atoms with Crippen LogP contribution in [0.2, 0.25) is 0 Å². The zero-order valence-electron chi connectivity index (χ0n) is 14.9. The normalized spacial score (nSPS) is 11.0. The fourth-order valence-corrected chi connectivity index (χ4v) is 2.74. The van der Waals surface area contributed by atoms with E-state index in [1.165, 1.54) is 0 Å². The molecule has 3 rings (SSSR count). The van der Waals surface area contributed by atoms with Gasteiger partial charge in [0, 0.05) is 18.9 Å². The van der Waals surface area contributed by atoms with E-state index in [-0.39, 0.29) is 5.91 Å². The molecule has 3 aromatic rings. The summed E-state index contributed by atoms with van der Waals surface area (Å²) in [7, 11) is 0. The number of carbonyl (C=O) groups excluding carboxylic acids is 1. The Bertz CT molecular complexity index is 846. The molecule has 0 bridgehead atoms. The van der Waals surface area contributed by atoms with Crippen molar-refractivity contribution >= 4 is 5.91 Å². The zero-order chi connectivity index (χ0) is 17.8. The predicted molar refractivity (Wildman–Crippen MR) is 99.4 cm³/mol. The maximum absolute atomic E-state index is 12.7. The van der Waals surface area contributed by atoms with Crippen molar-refractivity contribution in [1.82, 2.24) is 19.7 Å². The third-order valence-electron chi connectivity index (χ3n) is 4.09. The first-order valence-corrected chi connectivity index (χ1v) is 8.63. The summed E-state index contributed by atoms with van der Waals surface area (Å²) in [5.74, 6) is 1.21. The van der Waals surface area contributed by atoms with Gasteiger partial charge in [0.1, 0.15) is 5.56 Å². The van der Waals surface area contributed by atoms with Crippen molar-refractivity contribution in [1.29, 1.82) is 0 Å². The molecule has 0 unspecified atom stereocenters. The quantitative estimate of drug-likeness (QED) is 0.745. The lowest BCUT2D eigenvalue weighted by Gasteiger charge is -2.12. The predicted octanol–water partition coefficient (Wildman–Crippen LogP) is 3.75. The van der Waals surface area contributed by atoms with Gasteiger partial charge >= 0.3 is 0 Å². The van der Waals surface area contributed by atoms with Gasteiger partial charge in [0.15, 0.2) is 5.82 Å². The van der Waals surface area contributed by atoms with Crippen LogP contribution in [0, 0.1) is 12.8 Å². The highest BCUT2D eigenvalue weighted by Crippen LogP contribution is 2.20. The van der Waals surface area contributed by atoms with Crippen molar-refractivity contribution in [3.8, 4) is 11.5 Å². The Kier molecular flexibility index (Phi) is 5.03. The van der Waals surface area contributed by atoms with Crippen LogP contribution in [-0.2, 0) is 0 Å². The van der Waals surface area contributed by atoms with E-state index < -0.39 is 0 Å². The first-order chi connectivity index (χ1) is 12.1. The summed E-state index contributed by atoms with van der Waals surface area (Å²) < 4.78 is 3.73. The maximum Gasteiger partial charge on any atom is 0.256 e. The molecule has 0 saturated heterocycles. The molecule has 1 N–H and O–H groups in total. The molecular weight excluding hydrogens is 312 g/mol. The van der Waals surface area contributed by atoms with Crippen LogP contribution in [0.25, 0.3) is 11.5 Å². The Balaban J connectivity index is 1.98. The van der Waals surface area contributed by atoms with Crippen molar-refractivity contribution in [2.75, 3.05) is 6.54 Å². The highest BCUT2D eigenvalue weighted by atomic mass is 16.1. The molecule has 2 aromatic heterocycles. The highest BCUT2D eigenvalue weighted by molar-refractivity contribution is 5.97. The summed E-state index contributed by atoms with van der Waals surface area (Å²) in [6.45, 7) is 7.00. The second kappa shape index (κ2) is 7.38. The maximum atomic E-state index is 12.7. The molecule has 0 fully saturated rings. The Morgan fingerprint density at radius 3 is 2.64 bits per heavy atom. The lowest BCUT2D eigenvalue weighted by atomic mass is 10.1. The summed E-state index contributed by atoms with van der Waals surface area (Å²) in [4.78, 5) is 12.7. The monoisotopic (exact) mass is 336 g/mol. The fraction of sp³-hybridized carbons (Fsp3) is 0.300. The molecule has 130 valence electrons. The van der Waals surface area contributed by atoms with Crippen LogP contribution in [0.4, 0.5) is 0 Å². The van der Waals surface area contributed by atoms with Crippen molar-refractivity contribution < 1.29 is 4.79 Å². The van der Waals surface area contributed by atoms with Crippen molar-refractivity contribution in [2.45, 2.75) is 27.2 Å². The molecule has 0 aliphatic rings. The molecule has 0 saturated carbocycles. The third-order valence-corrected chi connectivity index (χ3v) is 4.09. The van der Waals surface area contributed by atoms with E-state index in [1.54, 1.807) is 6.20 Å². The second-order valence-corrected chi connectivity index (χ2v) is 6.66. The molecule has 0 aliphatic heterocycles. The van der Waals surface area contributed by atoms with Gasteiger partial charge in [-0.2, -0.15) is 5.10 Å². The topological polar surface area (TPSA) is 51.9 Å². The van der Waals surface area contributed by atoms with Gasteiger partial charge < -0.3 is 9.88 Å². The smallest absolute Gasteiger partial charge is 0.256 e. The third kappa shape index (κ3) is 3.82. The Morgan fingerprint density at radius 2 is 1.96 bits per heavy atom. The molecule has 0 spiro atoms. The van der Waals surface area contributed by atoms with Crippen molar-refractivity contribution in [2.24, 2.45) is 5.92 Å². The molecule has 25 heavy (non-hydrogen) atoms. The van der Waals surface area contributed by atoms with Gasteiger partial charge in [-0.05, 0) is 49.1 Å². The summed E-state index contributed by atoms with van der Waals surface area (Å²) in [5, 5.41) is 7.49. The van der Waals surface area contributed by atoms with Crippen molar-refractivity contribution in [3.63, 3.8) is 0 Å². The molecule has 5 heteroatoms. The number of carbonyl (C=O) groups is 1. The van der Waals surface area contributed by atoms with E-state index in [0.29, 0.717) is 18.0 Å². The van der Waals surface area contributed by atoms with Crippen LogP contribution in [0.5, 0.6) is 0 Å². The van der Waals surface area contributed by atoms with Crippen LogP contribution >= 0.6 is 0 Å². The number of aryl methyl sites for hydroxylation is 1. The number of nitrogens with one attached hydrogen (secondary N) is 1. The first kappa shape index (κ1) is 17.0. The Labute approximate surface area is 148 Å². The van der Waals surface area contributed by atoms with Gasteiger partial charge in [-0.3, -0.25) is 4.79 Å². The summed E-state index contributed by atoms with van der Waals surface area (Å²) in [6.07, 6.45) is 6.45. The molecule has 0 atom stereocenters. The van der Waals surface area contributed by atoms with Gasteiger partial charge in [0.2, 0.25) is 0 Å². The molecule has 1 amide bonds. The van der Waals surface area contributed by atoms with E-state index in [0.717, 1.165) is 23.5 Å². The minimum absolute atomic E-state index is 0.0942. The zero-order valence-corrected chi connectivity index (χ0v) is 14.9. The summed E-state index contributed by atoms with van der Waals surface area (Å²) in [5.41, 5.74) is 2.65. The van der Waals surface area contributed by atoms with Gasteiger partial charge in [0.05, 0.1) is 11.9 Å². The van der Waals surface area contributed by atoms with E-state index in [4.69, 9.17) is 0 Å². The highest BCUT2D eigenvalue weighted by Gasteiger charge is 2.19. The average Bonchev–Trinajstić information content (AvgIpc) is 3.23. The first-order valence-electron chi connectivity index (χ1n) is 8.63. The second-order valence-electron chi connectivity index (χ2n) is 6.66. The minimum atomic E-state index is -0.0942. The number of benzene rings is 1. The molecule has 2 heterocycles. The van der Waals surface area contributed by atoms with Crippen molar-refractivity contribution in [3.05, 3.63) is 66.1 Å². The van der Waals surface area contributed by atoms with Gasteiger partial charge in [-0.1, -0.05) is 26.0 Å². The van der Waals surface area contributed by atoms with Crippen LogP contribution in [-0.4, -0.2) is 26.8 Å². The number of hydrogen-bond acceptors (Lipinski definition) is 2. The van der Waals surface area contributed by atoms with Crippen LogP contribution < -0.4 is 5.32 Å². The Hall–Kier alpha value is -2.82. The summed E-state index contributed by atoms with van der Waals surface area (Å²) >= 11 is 0. The number of amides is 1. The van der Waals surface area contributed by atoms with Gasteiger partial charge in [-0.15, -0.1) is 0 Å². The van der Waals surface area contributed by atoms with Gasteiger partial charge in [-0.25, -0.2) is 4.68 Å². The van der Waals surface area contributed by atoms with E-state index in [2.05, 4.69) is 30.3 Å². The molecular formula is C20H24N4O. The van der Waals surface area contributed by atoms with E-state index >= 15 is 0 Å². The van der Waals surface area contributed by atoms with Gasteiger partial charge in [0.25, 0.3) is 5.91 Å². The molecule has 0 radical (unpaired) electrons. The number of nitrogens with zero attached hydrogens (tertiary/aromatic N) is 3. The fourth-order valence-electron chi connectivity index (χ4n) is 2.74. The van der Waals surface area contributed by atoms with E-state index in [1.807, 2.05) is 58.9 Å². The largest absolute Gasteiger partial charge is 0.352 e. The number of hydrogen-bond donors (Lipinski definition) is 1. The van der Waals surface area contributed by atoms with E-state index in [9.17, 15) is 4.79 Å². The Morgan fingerprint density at radius 1 is 1.20 bits per heavy atom. The molecule has 1 aromatic carbocycles. The van der Waals surface area contributed by atoms with Crippen LogP contribution in [0.15, 0.2) is 55.0 Å². The summed E-state index contributed by atoms with van der Waals surface area (Å²) in [6, 6.07) is 12.0. The molecule has 5 nitrogen and oxygen atoms in total. The molecule has 0 aliphatic carbocycles. The SMILES string of the molecule is Cc1cccc(-n2ncc(C(=O)NCCC(C)C)c2-n2cccc2)c1. The van der Waals surface area contributed by atoms with Crippen LogP contribution in [0.1, 0.15) is 36.2 Å². The minimum Gasteiger partial charge on any atom is -0.352 e. The number of aromatic nitrogens is 3. The lowest BCUT2D eigenvalue weighted by molar-refractivity contribution is 0.0952. The lowest BCUT2D eigenvalue weighted by Crippen LogP contribution is -2.26. The van der Waals surface area contributed by atoms with Crippen LogP contribution in [0.3, 0.4) is 0 Å². The average molecular weight is 336 g/mol.